The maximum atomic E-state index is 12.4. The van der Waals surface area contributed by atoms with Crippen molar-refractivity contribution in [2.45, 2.75) is 12.7 Å². The molecule has 0 atom stereocenters. The number of hydrogen-bond donors (Lipinski definition) is 1. The zero-order valence-corrected chi connectivity index (χ0v) is 10.7. The molecule has 0 fully saturated rings. The van der Waals surface area contributed by atoms with Gasteiger partial charge in [0.05, 0.1) is 18.2 Å². The lowest BCUT2D eigenvalue weighted by Crippen LogP contribution is -2.37. The number of alkyl halides is 3. The summed E-state index contributed by atoms with van der Waals surface area (Å²) in [6.07, 6.45) is -4.21. The summed E-state index contributed by atoms with van der Waals surface area (Å²) in [7, 11) is 1.70. The minimum Gasteiger partial charge on any atom is -0.318 e. The molecule has 6 heteroatoms. The van der Waals surface area contributed by atoms with Crippen LogP contribution in [0.1, 0.15) is 11.1 Å². The zero-order valence-electron chi connectivity index (χ0n) is 10.7. The van der Waals surface area contributed by atoms with Gasteiger partial charge in [-0.05, 0) is 24.7 Å². The fraction of sp³-hybridized carbons (Fsp3) is 0.462. The van der Waals surface area contributed by atoms with Gasteiger partial charge in [0.1, 0.15) is 0 Å². The highest BCUT2D eigenvalue weighted by Gasteiger charge is 2.30. The molecule has 1 rings (SSSR count). The van der Waals surface area contributed by atoms with Gasteiger partial charge in [0.15, 0.2) is 0 Å². The fourth-order valence-electron chi connectivity index (χ4n) is 1.68. The van der Waals surface area contributed by atoms with Crippen LogP contribution < -0.4 is 5.32 Å². The minimum absolute atomic E-state index is 0.215. The van der Waals surface area contributed by atoms with Crippen molar-refractivity contribution < 1.29 is 13.2 Å². The SMILES string of the molecule is CNCCN(Cc1ccc(C#N)cc1)CC(F)(F)F. The highest BCUT2D eigenvalue weighted by atomic mass is 19.4. The van der Waals surface area contributed by atoms with E-state index in [0.717, 1.165) is 5.56 Å². The molecule has 0 saturated carbocycles. The Bertz CT molecular complexity index is 420. The molecule has 104 valence electrons. The lowest BCUT2D eigenvalue weighted by atomic mass is 10.1. The van der Waals surface area contributed by atoms with Gasteiger partial charge in [-0.3, -0.25) is 4.90 Å². The fourth-order valence-corrected chi connectivity index (χ4v) is 1.68. The zero-order chi connectivity index (χ0) is 14.3. The van der Waals surface area contributed by atoms with Crippen LogP contribution in [0.25, 0.3) is 0 Å². The highest BCUT2D eigenvalue weighted by Crippen LogP contribution is 2.18. The molecule has 0 aliphatic carbocycles. The second-order valence-corrected chi connectivity index (χ2v) is 4.24. The summed E-state index contributed by atoms with van der Waals surface area (Å²) in [5.41, 5.74) is 1.26. The third-order valence-corrected chi connectivity index (χ3v) is 2.57. The van der Waals surface area contributed by atoms with Crippen molar-refractivity contribution in [3.8, 4) is 6.07 Å². The van der Waals surface area contributed by atoms with E-state index in [9.17, 15) is 13.2 Å². The van der Waals surface area contributed by atoms with E-state index in [4.69, 9.17) is 5.26 Å². The van der Waals surface area contributed by atoms with E-state index in [-0.39, 0.29) is 6.54 Å². The molecule has 1 N–H and O–H groups in total. The summed E-state index contributed by atoms with van der Waals surface area (Å²) in [6.45, 7) is 0.0873. The van der Waals surface area contributed by atoms with Crippen LogP contribution in [-0.4, -0.2) is 37.8 Å². The van der Waals surface area contributed by atoms with Crippen LogP contribution >= 0.6 is 0 Å². The standard InChI is InChI=1S/C13H16F3N3/c1-18-6-7-19(10-13(14,15)16)9-12-4-2-11(8-17)3-5-12/h2-5,18H,6-7,9-10H2,1H3. The number of halogens is 3. The first kappa shape index (κ1) is 15.5. The Labute approximate surface area is 110 Å². The Kier molecular flexibility index (Phi) is 5.80. The van der Waals surface area contributed by atoms with Gasteiger partial charge in [0.2, 0.25) is 0 Å². The van der Waals surface area contributed by atoms with Gasteiger partial charge < -0.3 is 5.32 Å². The monoisotopic (exact) mass is 271 g/mol. The van der Waals surface area contributed by atoms with E-state index in [1.807, 2.05) is 6.07 Å². The van der Waals surface area contributed by atoms with Crippen LogP contribution in [0.4, 0.5) is 13.2 Å². The van der Waals surface area contributed by atoms with Crippen molar-refractivity contribution in [3.05, 3.63) is 35.4 Å². The lowest BCUT2D eigenvalue weighted by molar-refractivity contribution is -0.146. The maximum absolute atomic E-state index is 12.4. The molecule has 0 aliphatic rings. The third-order valence-electron chi connectivity index (χ3n) is 2.57. The van der Waals surface area contributed by atoms with Crippen LogP contribution in [0.2, 0.25) is 0 Å². The highest BCUT2D eigenvalue weighted by molar-refractivity contribution is 5.31. The van der Waals surface area contributed by atoms with Gasteiger partial charge in [-0.1, -0.05) is 12.1 Å². The molecule has 1 aromatic carbocycles. The van der Waals surface area contributed by atoms with Gasteiger partial charge in [-0.2, -0.15) is 18.4 Å². The summed E-state index contributed by atoms with van der Waals surface area (Å²) in [4.78, 5) is 1.33. The largest absolute Gasteiger partial charge is 0.401 e. The van der Waals surface area contributed by atoms with E-state index in [2.05, 4.69) is 5.32 Å². The molecular weight excluding hydrogens is 255 g/mol. The first-order valence-electron chi connectivity index (χ1n) is 5.87. The molecular formula is C13H16F3N3. The van der Waals surface area contributed by atoms with Crippen molar-refractivity contribution in [2.75, 3.05) is 26.7 Å². The predicted molar refractivity (Wildman–Crippen MR) is 66.4 cm³/mol. The number of rotatable bonds is 6. The van der Waals surface area contributed by atoms with Crippen LogP contribution in [-0.2, 0) is 6.54 Å². The first-order valence-corrected chi connectivity index (χ1v) is 5.87. The molecule has 19 heavy (non-hydrogen) atoms. The Morgan fingerprint density at radius 3 is 2.37 bits per heavy atom. The molecule has 0 spiro atoms. The van der Waals surface area contributed by atoms with E-state index in [1.165, 1.54) is 4.90 Å². The summed E-state index contributed by atoms with van der Waals surface area (Å²) < 4.78 is 37.3. The van der Waals surface area contributed by atoms with E-state index < -0.39 is 12.7 Å². The third kappa shape index (κ3) is 6.22. The minimum atomic E-state index is -4.21. The van der Waals surface area contributed by atoms with Crippen molar-refractivity contribution in [1.82, 2.24) is 10.2 Å². The quantitative estimate of drug-likeness (QED) is 0.861. The normalized spacial score (nSPS) is 11.6. The molecule has 1 aromatic rings. The lowest BCUT2D eigenvalue weighted by Gasteiger charge is -2.23. The second-order valence-electron chi connectivity index (χ2n) is 4.24. The molecule has 0 aromatic heterocycles. The van der Waals surface area contributed by atoms with Crippen LogP contribution in [0.15, 0.2) is 24.3 Å². The summed E-state index contributed by atoms with van der Waals surface area (Å²) in [5.74, 6) is 0. The van der Waals surface area contributed by atoms with Crippen molar-refractivity contribution >= 4 is 0 Å². The molecule has 0 heterocycles. The Hall–Kier alpha value is -1.58. The average Bonchev–Trinajstić information content (AvgIpc) is 2.35. The number of nitrogens with zero attached hydrogens (tertiary/aromatic N) is 2. The molecule has 0 bridgehead atoms. The molecule has 3 nitrogen and oxygen atoms in total. The molecule has 0 aliphatic heterocycles. The van der Waals surface area contributed by atoms with Gasteiger partial charge in [0, 0.05) is 19.6 Å². The molecule has 0 radical (unpaired) electrons. The van der Waals surface area contributed by atoms with Crippen molar-refractivity contribution in [3.63, 3.8) is 0 Å². The predicted octanol–water partition coefficient (Wildman–Crippen LogP) is 2.14. The van der Waals surface area contributed by atoms with Crippen molar-refractivity contribution in [2.24, 2.45) is 0 Å². The smallest absolute Gasteiger partial charge is 0.318 e. The summed E-state index contributed by atoms with van der Waals surface area (Å²) >= 11 is 0. The van der Waals surface area contributed by atoms with E-state index >= 15 is 0 Å². The Morgan fingerprint density at radius 2 is 1.89 bits per heavy atom. The molecule has 0 unspecified atom stereocenters. The van der Waals surface area contributed by atoms with Gasteiger partial charge >= 0.3 is 6.18 Å². The van der Waals surface area contributed by atoms with Gasteiger partial charge in [-0.25, -0.2) is 0 Å². The number of benzene rings is 1. The van der Waals surface area contributed by atoms with Crippen LogP contribution in [0.3, 0.4) is 0 Å². The number of likely N-dealkylation sites (N-methyl/N-ethyl adjacent to an activating group) is 1. The first-order chi connectivity index (χ1) is 8.94. The second kappa shape index (κ2) is 7.12. The summed E-state index contributed by atoms with van der Waals surface area (Å²) in [5, 5.41) is 11.5. The summed E-state index contributed by atoms with van der Waals surface area (Å²) in [6, 6.07) is 8.56. The Morgan fingerprint density at radius 1 is 1.26 bits per heavy atom. The maximum Gasteiger partial charge on any atom is 0.401 e. The van der Waals surface area contributed by atoms with E-state index in [1.54, 1.807) is 31.3 Å². The molecule has 0 saturated heterocycles. The van der Waals surface area contributed by atoms with E-state index in [0.29, 0.717) is 18.7 Å². The van der Waals surface area contributed by atoms with Crippen molar-refractivity contribution in [1.29, 1.82) is 5.26 Å². The van der Waals surface area contributed by atoms with Gasteiger partial charge in [0.25, 0.3) is 0 Å². The van der Waals surface area contributed by atoms with Crippen LogP contribution in [0.5, 0.6) is 0 Å². The Balaban J connectivity index is 2.67. The average molecular weight is 271 g/mol. The number of nitrogens with one attached hydrogen (secondary N) is 1. The molecule has 0 amide bonds. The number of hydrogen-bond acceptors (Lipinski definition) is 3. The number of nitriles is 1. The van der Waals surface area contributed by atoms with Crippen LogP contribution in [0, 0.1) is 11.3 Å². The topological polar surface area (TPSA) is 39.1 Å². The van der Waals surface area contributed by atoms with Gasteiger partial charge in [-0.15, -0.1) is 0 Å².